The Kier molecular flexibility index (Phi) is 4.39. The molecule has 0 radical (unpaired) electrons. The van der Waals surface area contributed by atoms with Gasteiger partial charge in [-0.3, -0.25) is 4.79 Å². The van der Waals surface area contributed by atoms with E-state index in [1.54, 1.807) is 34.5 Å². The first kappa shape index (κ1) is 18.9. The molecule has 0 unspecified atom stereocenters. The summed E-state index contributed by atoms with van der Waals surface area (Å²) in [5, 5.41) is 5.74. The van der Waals surface area contributed by atoms with E-state index in [9.17, 15) is 18.0 Å². The van der Waals surface area contributed by atoms with Crippen molar-refractivity contribution >= 4 is 22.9 Å². The fraction of sp³-hybridized carbons (Fsp3) is 0.250. The molecule has 1 aliphatic rings. The molecule has 4 aromatic rings. The van der Waals surface area contributed by atoms with Crippen molar-refractivity contribution in [2.24, 2.45) is 0 Å². The van der Waals surface area contributed by atoms with Gasteiger partial charge >= 0.3 is 6.18 Å². The smallest absolute Gasteiger partial charge is 0.433 e. The maximum Gasteiger partial charge on any atom is 0.433 e. The van der Waals surface area contributed by atoms with Gasteiger partial charge in [0.25, 0.3) is 5.91 Å². The van der Waals surface area contributed by atoms with Gasteiger partial charge in [0.2, 0.25) is 0 Å². The third-order valence-corrected chi connectivity index (χ3v) is 5.99. The first-order valence-corrected chi connectivity index (χ1v) is 10.2. The number of amides is 1. The Morgan fingerprint density at radius 2 is 2.10 bits per heavy atom. The van der Waals surface area contributed by atoms with Crippen LogP contribution in [0.3, 0.4) is 0 Å². The molecule has 0 bridgehead atoms. The Balaban J connectivity index is 1.58. The maximum atomic E-state index is 13.7. The van der Waals surface area contributed by atoms with Crippen LogP contribution < -0.4 is 0 Å². The Morgan fingerprint density at radius 1 is 1.23 bits per heavy atom. The number of alkyl halides is 3. The normalized spacial score (nSPS) is 17.2. The highest BCUT2D eigenvalue weighted by atomic mass is 32.1. The van der Waals surface area contributed by atoms with Gasteiger partial charge in [-0.1, -0.05) is 6.07 Å². The molecule has 154 valence electrons. The second-order valence-electron chi connectivity index (χ2n) is 6.97. The van der Waals surface area contributed by atoms with Crippen molar-refractivity contribution in [3.63, 3.8) is 0 Å². The van der Waals surface area contributed by atoms with Gasteiger partial charge in [0.1, 0.15) is 5.76 Å². The number of carbonyl (C=O) groups is 1. The highest BCUT2D eigenvalue weighted by molar-refractivity contribution is 7.13. The molecule has 1 atom stereocenters. The number of thiophene rings is 1. The monoisotopic (exact) mass is 432 g/mol. The third-order valence-electron chi connectivity index (χ3n) is 5.10. The molecule has 30 heavy (non-hydrogen) atoms. The number of aromatic nitrogens is 3. The molecule has 1 amide bonds. The molecule has 0 saturated carbocycles. The first-order chi connectivity index (χ1) is 14.4. The summed E-state index contributed by atoms with van der Waals surface area (Å²) < 4.78 is 47.2. The predicted molar refractivity (Wildman–Crippen MR) is 103 cm³/mol. The number of hydrogen-bond acceptors (Lipinski definition) is 5. The van der Waals surface area contributed by atoms with Crippen molar-refractivity contribution in [2.75, 3.05) is 6.54 Å². The Hall–Kier alpha value is -3.14. The molecule has 0 N–H and O–H groups in total. The lowest BCUT2D eigenvalue weighted by Gasteiger charge is -2.22. The minimum absolute atomic E-state index is 0.0229. The number of likely N-dealkylation sites (tertiary alicyclic amines) is 1. The van der Waals surface area contributed by atoms with Gasteiger partial charge in [-0.05, 0) is 42.5 Å². The molecular weight excluding hydrogens is 417 g/mol. The van der Waals surface area contributed by atoms with Crippen molar-refractivity contribution in [3.8, 4) is 10.6 Å². The fourth-order valence-corrected chi connectivity index (χ4v) is 4.45. The Bertz CT molecular complexity index is 1200. The summed E-state index contributed by atoms with van der Waals surface area (Å²) >= 11 is 1.29. The van der Waals surface area contributed by atoms with Gasteiger partial charge < -0.3 is 9.32 Å². The average molecular weight is 432 g/mol. The van der Waals surface area contributed by atoms with Crippen LogP contribution in [0.15, 0.2) is 52.5 Å². The van der Waals surface area contributed by atoms with Crippen molar-refractivity contribution in [1.82, 2.24) is 19.5 Å². The summed E-state index contributed by atoms with van der Waals surface area (Å²) in [7, 11) is 0. The van der Waals surface area contributed by atoms with E-state index in [0.717, 1.165) is 18.9 Å². The lowest BCUT2D eigenvalue weighted by Crippen LogP contribution is -2.30. The van der Waals surface area contributed by atoms with Gasteiger partial charge in [0.05, 0.1) is 22.9 Å². The number of furan rings is 1. The van der Waals surface area contributed by atoms with Crippen LogP contribution in [0.2, 0.25) is 0 Å². The number of carbonyl (C=O) groups excluding carboxylic acids is 1. The van der Waals surface area contributed by atoms with Crippen LogP contribution in [-0.4, -0.2) is 31.9 Å². The summed E-state index contributed by atoms with van der Waals surface area (Å²) in [6.07, 6.45) is -1.61. The zero-order valence-electron chi connectivity index (χ0n) is 15.5. The number of rotatable bonds is 3. The number of halogens is 3. The molecule has 1 saturated heterocycles. The van der Waals surface area contributed by atoms with E-state index in [0.29, 0.717) is 21.7 Å². The molecule has 4 aromatic heterocycles. The number of fused-ring (bicyclic) bond motifs is 1. The quantitative estimate of drug-likeness (QED) is 0.455. The van der Waals surface area contributed by atoms with E-state index < -0.39 is 17.8 Å². The van der Waals surface area contributed by atoms with Crippen LogP contribution in [0.25, 0.3) is 16.2 Å². The van der Waals surface area contributed by atoms with Crippen molar-refractivity contribution < 1.29 is 22.4 Å². The highest BCUT2D eigenvalue weighted by Gasteiger charge is 2.37. The average Bonchev–Trinajstić information content (AvgIpc) is 3.51. The van der Waals surface area contributed by atoms with Gasteiger partial charge in [-0.2, -0.15) is 18.3 Å². The van der Waals surface area contributed by atoms with E-state index in [-0.39, 0.29) is 23.1 Å². The molecule has 0 aromatic carbocycles. The lowest BCUT2D eigenvalue weighted by atomic mass is 10.1. The molecule has 6 nitrogen and oxygen atoms in total. The standard InChI is InChI=1S/C20H15F3N4O2S/c21-20(22,23)17-10-12(16-6-3-9-30-16)24-18-11-13(25-27(17)18)19(28)26-7-1-4-14(26)15-5-2-8-29-15/h2-3,5-6,8-11,14H,1,4,7H2/t14-/m1/s1. The molecular formula is C20H15F3N4O2S. The van der Waals surface area contributed by atoms with Crippen LogP contribution in [0.4, 0.5) is 13.2 Å². The van der Waals surface area contributed by atoms with Crippen LogP contribution in [-0.2, 0) is 6.18 Å². The van der Waals surface area contributed by atoms with Crippen molar-refractivity contribution in [1.29, 1.82) is 0 Å². The third kappa shape index (κ3) is 3.17. The second-order valence-corrected chi connectivity index (χ2v) is 7.92. The summed E-state index contributed by atoms with van der Waals surface area (Å²) in [6.45, 7) is 0.484. The molecule has 0 aliphatic carbocycles. The second kappa shape index (κ2) is 6.98. The van der Waals surface area contributed by atoms with Gasteiger partial charge in [-0.15, -0.1) is 11.3 Å². The van der Waals surface area contributed by atoms with Crippen LogP contribution >= 0.6 is 11.3 Å². The molecule has 1 fully saturated rings. The zero-order valence-corrected chi connectivity index (χ0v) is 16.3. The predicted octanol–water partition coefficient (Wildman–Crippen LogP) is 5.05. The summed E-state index contributed by atoms with van der Waals surface area (Å²) in [4.78, 5) is 19.6. The fourth-order valence-electron chi connectivity index (χ4n) is 3.77. The maximum absolute atomic E-state index is 13.7. The highest BCUT2D eigenvalue weighted by Crippen LogP contribution is 2.35. The van der Waals surface area contributed by atoms with Gasteiger partial charge in [0.15, 0.2) is 17.0 Å². The molecule has 1 aliphatic heterocycles. The summed E-state index contributed by atoms with van der Waals surface area (Å²) in [6, 6.07) is 8.99. The summed E-state index contributed by atoms with van der Waals surface area (Å²) in [5.41, 5.74) is -0.877. The Morgan fingerprint density at radius 3 is 2.80 bits per heavy atom. The van der Waals surface area contributed by atoms with Crippen LogP contribution in [0, 0.1) is 0 Å². The molecule has 10 heteroatoms. The van der Waals surface area contributed by atoms with E-state index in [2.05, 4.69) is 10.1 Å². The first-order valence-electron chi connectivity index (χ1n) is 9.28. The zero-order chi connectivity index (χ0) is 20.9. The SMILES string of the molecule is O=C(c1cc2nc(-c3cccs3)cc(C(F)(F)F)n2n1)N1CCC[C@@H]1c1ccco1. The van der Waals surface area contributed by atoms with E-state index >= 15 is 0 Å². The minimum atomic E-state index is -4.65. The van der Waals surface area contributed by atoms with E-state index in [4.69, 9.17) is 4.42 Å². The van der Waals surface area contributed by atoms with E-state index in [1.807, 2.05) is 0 Å². The number of nitrogens with zero attached hydrogens (tertiary/aromatic N) is 4. The van der Waals surface area contributed by atoms with Gasteiger partial charge in [-0.25, -0.2) is 9.50 Å². The van der Waals surface area contributed by atoms with Crippen LogP contribution in [0.5, 0.6) is 0 Å². The minimum Gasteiger partial charge on any atom is -0.467 e. The largest absolute Gasteiger partial charge is 0.467 e. The van der Waals surface area contributed by atoms with Crippen molar-refractivity contribution in [2.45, 2.75) is 25.1 Å². The Labute approximate surface area is 172 Å². The van der Waals surface area contributed by atoms with E-state index in [1.165, 1.54) is 23.7 Å². The topological polar surface area (TPSA) is 63.6 Å². The van der Waals surface area contributed by atoms with Crippen LogP contribution in [0.1, 0.15) is 40.8 Å². The van der Waals surface area contributed by atoms with Crippen molar-refractivity contribution in [3.05, 3.63) is 65.2 Å². The molecule has 5 heterocycles. The van der Waals surface area contributed by atoms with Gasteiger partial charge in [0, 0.05) is 12.6 Å². The molecule has 0 spiro atoms. The number of hydrogen-bond donors (Lipinski definition) is 0. The lowest BCUT2D eigenvalue weighted by molar-refractivity contribution is -0.142. The molecule has 5 rings (SSSR count). The summed E-state index contributed by atoms with van der Waals surface area (Å²) in [5.74, 6) is 0.212.